The average Bonchev–Trinajstić information content (AvgIpc) is 2.64. The second kappa shape index (κ2) is 9.36. The molecular formula is C20H29N3O3. The molecule has 6 nitrogen and oxygen atoms in total. The number of nitrogens with one attached hydrogen (secondary N) is 2. The minimum atomic E-state index is -0.211. The molecule has 6 heteroatoms. The van der Waals surface area contributed by atoms with Gasteiger partial charge < -0.3 is 15.5 Å². The molecule has 1 aromatic carbocycles. The lowest BCUT2D eigenvalue weighted by atomic mass is 9.96. The summed E-state index contributed by atoms with van der Waals surface area (Å²) in [4.78, 5) is 38.6. The van der Waals surface area contributed by atoms with Gasteiger partial charge in [-0.15, -0.1) is 0 Å². The predicted octanol–water partition coefficient (Wildman–Crippen LogP) is 2.72. The van der Waals surface area contributed by atoms with E-state index in [1.54, 1.807) is 17.0 Å². The highest BCUT2D eigenvalue weighted by Gasteiger charge is 2.28. The second-order valence-corrected chi connectivity index (χ2v) is 6.81. The van der Waals surface area contributed by atoms with Gasteiger partial charge in [-0.1, -0.05) is 13.0 Å². The van der Waals surface area contributed by atoms with Gasteiger partial charge in [-0.25, -0.2) is 0 Å². The van der Waals surface area contributed by atoms with E-state index < -0.39 is 0 Å². The zero-order chi connectivity index (χ0) is 19.1. The van der Waals surface area contributed by atoms with Gasteiger partial charge in [0.05, 0.1) is 5.92 Å². The van der Waals surface area contributed by atoms with Crippen molar-refractivity contribution in [1.29, 1.82) is 0 Å². The first-order chi connectivity index (χ1) is 12.5. The molecule has 1 aliphatic heterocycles. The van der Waals surface area contributed by atoms with E-state index in [0.29, 0.717) is 30.8 Å². The number of amides is 3. The molecule has 142 valence electrons. The first kappa shape index (κ1) is 19.9. The Bertz CT molecular complexity index is 672. The Morgan fingerprint density at radius 2 is 2.00 bits per heavy atom. The molecule has 1 aliphatic rings. The SMILES string of the molecule is CCCC(=O)N1CCCC(C(=O)Nc2cc(C(=O)NCC)ccc2C)C1. The molecule has 0 aliphatic carbocycles. The number of rotatable bonds is 6. The Labute approximate surface area is 155 Å². The van der Waals surface area contributed by atoms with Crippen LogP contribution in [-0.2, 0) is 9.59 Å². The van der Waals surface area contributed by atoms with E-state index in [0.717, 1.165) is 31.4 Å². The molecule has 0 radical (unpaired) electrons. The molecule has 1 aromatic rings. The molecule has 1 fully saturated rings. The molecule has 3 amide bonds. The van der Waals surface area contributed by atoms with E-state index in [4.69, 9.17) is 0 Å². The molecule has 0 spiro atoms. The Morgan fingerprint density at radius 1 is 1.23 bits per heavy atom. The Morgan fingerprint density at radius 3 is 2.69 bits per heavy atom. The van der Waals surface area contributed by atoms with E-state index in [9.17, 15) is 14.4 Å². The molecule has 1 unspecified atom stereocenters. The monoisotopic (exact) mass is 359 g/mol. The summed E-state index contributed by atoms with van der Waals surface area (Å²) < 4.78 is 0. The van der Waals surface area contributed by atoms with Gasteiger partial charge in [-0.05, 0) is 50.8 Å². The van der Waals surface area contributed by atoms with Gasteiger partial charge in [0.15, 0.2) is 0 Å². The van der Waals surface area contributed by atoms with E-state index in [1.807, 2.05) is 26.8 Å². The highest BCUT2D eigenvalue weighted by Crippen LogP contribution is 2.22. The topological polar surface area (TPSA) is 78.5 Å². The number of hydrogen-bond acceptors (Lipinski definition) is 3. The summed E-state index contributed by atoms with van der Waals surface area (Å²) in [5.41, 5.74) is 2.08. The fourth-order valence-electron chi connectivity index (χ4n) is 3.18. The third-order valence-electron chi connectivity index (χ3n) is 4.70. The maximum atomic E-state index is 12.7. The van der Waals surface area contributed by atoms with Gasteiger partial charge in [0, 0.05) is 37.3 Å². The van der Waals surface area contributed by atoms with Crippen molar-refractivity contribution in [2.24, 2.45) is 5.92 Å². The van der Waals surface area contributed by atoms with Crippen LogP contribution in [-0.4, -0.2) is 42.3 Å². The number of benzene rings is 1. The van der Waals surface area contributed by atoms with Crippen molar-refractivity contribution >= 4 is 23.4 Å². The normalized spacial score (nSPS) is 16.9. The number of piperidine rings is 1. The molecule has 2 N–H and O–H groups in total. The summed E-state index contributed by atoms with van der Waals surface area (Å²) in [7, 11) is 0. The zero-order valence-corrected chi connectivity index (χ0v) is 15.9. The van der Waals surface area contributed by atoms with Crippen LogP contribution in [0.5, 0.6) is 0 Å². The smallest absolute Gasteiger partial charge is 0.251 e. The molecule has 0 bridgehead atoms. The fourth-order valence-corrected chi connectivity index (χ4v) is 3.18. The summed E-state index contributed by atoms with van der Waals surface area (Å²) in [6.45, 7) is 7.50. The van der Waals surface area contributed by atoms with Crippen LogP contribution in [0.2, 0.25) is 0 Å². The lowest BCUT2D eigenvalue weighted by Crippen LogP contribution is -2.43. The van der Waals surface area contributed by atoms with Crippen molar-refractivity contribution in [3.05, 3.63) is 29.3 Å². The number of anilines is 1. The van der Waals surface area contributed by atoms with Crippen molar-refractivity contribution in [2.75, 3.05) is 25.0 Å². The second-order valence-electron chi connectivity index (χ2n) is 6.81. The lowest BCUT2D eigenvalue weighted by Gasteiger charge is -2.32. The summed E-state index contributed by atoms with van der Waals surface area (Å²) in [5, 5.41) is 5.71. The molecule has 26 heavy (non-hydrogen) atoms. The molecule has 2 rings (SSSR count). The first-order valence-electron chi connectivity index (χ1n) is 9.43. The highest BCUT2D eigenvalue weighted by molar-refractivity contribution is 5.98. The van der Waals surface area contributed by atoms with Crippen molar-refractivity contribution in [1.82, 2.24) is 10.2 Å². The number of hydrogen-bond donors (Lipinski definition) is 2. The van der Waals surface area contributed by atoms with Crippen molar-refractivity contribution in [2.45, 2.75) is 46.5 Å². The van der Waals surface area contributed by atoms with Crippen molar-refractivity contribution in [3.8, 4) is 0 Å². The van der Waals surface area contributed by atoms with Gasteiger partial charge >= 0.3 is 0 Å². The van der Waals surface area contributed by atoms with Crippen molar-refractivity contribution in [3.63, 3.8) is 0 Å². The van der Waals surface area contributed by atoms with Gasteiger partial charge in [-0.3, -0.25) is 14.4 Å². The minimum absolute atomic E-state index is 0.0878. The van der Waals surface area contributed by atoms with E-state index in [2.05, 4.69) is 10.6 Å². The van der Waals surface area contributed by atoms with E-state index in [1.165, 1.54) is 0 Å². The lowest BCUT2D eigenvalue weighted by molar-refractivity contribution is -0.134. The Balaban J connectivity index is 2.05. The standard InChI is InChI=1S/C20H29N3O3/c1-4-7-18(24)23-11-6-8-16(13-23)20(26)22-17-12-15(10-9-14(17)3)19(25)21-5-2/h9-10,12,16H,4-8,11,13H2,1-3H3,(H,21,25)(H,22,26). The van der Waals surface area contributed by atoms with Crippen LogP contribution in [0.1, 0.15) is 55.5 Å². The van der Waals surface area contributed by atoms with Crippen LogP contribution in [0.3, 0.4) is 0 Å². The third-order valence-corrected chi connectivity index (χ3v) is 4.70. The number of nitrogens with zero attached hydrogens (tertiary/aromatic N) is 1. The van der Waals surface area contributed by atoms with Crippen LogP contribution in [0.25, 0.3) is 0 Å². The summed E-state index contributed by atoms with van der Waals surface area (Å²) >= 11 is 0. The maximum absolute atomic E-state index is 12.7. The largest absolute Gasteiger partial charge is 0.352 e. The fraction of sp³-hybridized carbons (Fsp3) is 0.550. The highest BCUT2D eigenvalue weighted by atomic mass is 16.2. The van der Waals surface area contributed by atoms with Crippen LogP contribution in [0, 0.1) is 12.8 Å². The quantitative estimate of drug-likeness (QED) is 0.820. The van der Waals surface area contributed by atoms with Crippen LogP contribution >= 0.6 is 0 Å². The summed E-state index contributed by atoms with van der Waals surface area (Å²) in [6.07, 6.45) is 2.96. The number of aryl methyl sites for hydroxylation is 1. The molecule has 1 saturated heterocycles. The van der Waals surface area contributed by atoms with Crippen molar-refractivity contribution < 1.29 is 14.4 Å². The maximum Gasteiger partial charge on any atom is 0.251 e. The van der Waals surface area contributed by atoms with Crippen LogP contribution in [0.4, 0.5) is 5.69 Å². The van der Waals surface area contributed by atoms with Gasteiger partial charge in [0.25, 0.3) is 5.91 Å². The summed E-state index contributed by atoms with van der Waals surface area (Å²) in [6, 6.07) is 5.29. The average molecular weight is 359 g/mol. The summed E-state index contributed by atoms with van der Waals surface area (Å²) in [5.74, 6) is -0.330. The van der Waals surface area contributed by atoms with E-state index in [-0.39, 0.29) is 23.6 Å². The minimum Gasteiger partial charge on any atom is -0.352 e. The molecular weight excluding hydrogens is 330 g/mol. The number of carbonyl (C=O) groups excluding carboxylic acids is 3. The van der Waals surface area contributed by atoms with Crippen LogP contribution < -0.4 is 10.6 Å². The van der Waals surface area contributed by atoms with Gasteiger partial charge in [0.2, 0.25) is 11.8 Å². The van der Waals surface area contributed by atoms with Gasteiger partial charge in [-0.2, -0.15) is 0 Å². The molecule has 0 aromatic heterocycles. The Kier molecular flexibility index (Phi) is 7.18. The van der Waals surface area contributed by atoms with E-state index >= 15 is 0 Å². The van der Waals surface area contributed by atoms with Crippen LogP contribution in [0.15, 0.2) is 18.2 Å². The molecule has 1 heterocycles. The van der Waals surface area contributed by atoms with Gasteiger partial charge in [0.1, 0.15) is 0 Å². The molecule has 1 atom stereocenters. The predicted molar refractivity (Wildman–Crippen MR) is 102 cm³/mol. The number of likely N-dealkylation sites (tertiary alicyclic amines) is 1. The molecule has 0 saturated carbocycles. The zero-order valence-electron chi connectivity index (χ0n) is 15.9. The third kappa shape index (κ3) is 5.07. The Hall–Kier alpha value is -2.37. The first-order valence-corrected chi connectivity index (χ1v) is 9.43. The number of carbonyl (C=O) groups is 3.